The Hall–Kier alpha value is -2.43. The highest BCUT2D eigenvalue weighted by molar-refractivity contribution is 6.31. The van der Waals surface area contributed by atoms with E-state index in [0.717, 1.165) is 5.56 Å². The van der Waals surface area contributed by atoms with Gasteiger partial charge in [0.05, 0.1) is 12.2 Å². The van der Waals surface area contributed by atoms with Crippen LogP contribution in [0.4, 0.5) is 5.69 Å². The number of carbonyl (C=O) groups excluding carboxylic acids is 2. The van der Waals surface area contributed by atoms with Crippen LogP contribution in [0.3, 0.4) is 0 Å². The molecule has 1 heterocycles. The number of anilines is 1. The summed E-state index contributed by atoms with van der Waals surface area (Å²) < 4.78 is 0. The summed E-state index contributed by atoms with van der Waals surface area (Å²) in [7, 11) is 0. The van der Waals surface area contributed by atoms with E-state index in [2.05, 4.69) is 0 Å². The summed E-state index contributed by atoms with van der Waals surface area (Å²) in [5, 5.41) is 11.8. The Balaban J connectivity index is 2.09. The first-order chi connectivity index (χ1) is 12.4. The lowest BCUT2D eigenvalue weighted by atomic mass is 9.82. The van der Waals surface area contributed by atoms with E-state index in [1.54, 1.807) is 43.0 Å². The summed E-state index contributed by atoms with van der Waals surface area (Å²) in [5.74, 6) is -1.00. The number of hydrogen-bond acceptors (Lipinski definition) is 3. The summed E-state index contributed by atoms with van der Waals surface area (Å²) in [6.07, 6.45) is 2.32. The van der Waals surface area contributed by atoms with E-state index in [-0.39, 0.29) is 0 Å². The van der Waals surface area contributed by atoms with E-state index in [1.165, 1.54) is 0 Å². The Morgan fingerprint density at radius 2 is 1.96 bits per heavy atom. The van der Waals surface area contributed by atoms with Crippen molar-refractivity contribution in [2.24, 2.45) is 5.92 Å². The molecule has 2 aromatic rings. The molecule has 0 radical (unpaired) electrons. The zero-order valence-electron chi connectivity index (χ0n) is 14.6. The lowest BCUT2D eigenvalue weighted by molar-refractivity contribution is -0.139. The van der Waals surface area contributed by atoms with Crippen LogP contribution in [0.2, 0.25) is 5.02 Å². The minimum Gasteiger partial charge on any atom is -0.375 e. The molecule has 5 heteroatoms. The van der Waals surface area contributed by atoms with E-state index in [9.17, 15) is 14.7 Å². The molecule has 2 aromatic carbocycles. The minimum atomic E-state index is -1.76. The number of fused-ring (bicyclic) bond motifs is 1. The predicted octanol–water partition coefficient (Wildman–Crippen LogP) is 3.86. The Kier molecular flexibility index (Phi) is 4.99. The van der Waals surface area contributed by atoms with Crippen LogP contribution >= 0.6 is 11.6 Å². The van der Waals surface area contributed by atoms with Gasteiger partial charge in [-0.3, -0.25) is 9.59 Å². The van der Waals surface area contributed by atoms with Crippen LogP contribution < -0.4 is 4.90 Å². The lowest BCUT2D eigenvalue weighted by Crippen LogP contribution is -2.44. The zero-order valence-corrected chi connectivity index (χ0v) is 15.4. The number of amides is 1. The third-order valence-corrected chi connectivity index (χ3v) is 5.01. The molecule has 0 saturated heterocycles. The third-order valence-electron chi connectivity index (χ3n) is 4.77. The van der Waals surface area contributed by atoms with Crippen LogP contribution in [0, 0.1) is 5.92 Å². The molecule has 1 aliphatic heterocycles. The van der Waals surface area contributed by atoms with Crippen molar-refractivity contribution in [2.45, 2.75) is 26.0 Å². The van der Waals surface area contributed by atoms with E-state index >= 15 is 0 Å². The van der Waals surface area contributed by atoms with Gasteiger partial charge in [0.2, 0.25) is 0 Å². The van der Waals surface area contributed by atoms with Gasteiger partial charge in [-0.25, -0.2) is 0 Å². The molecular formula is C21H20ClNO3. The molecule has 134 valence electrons. The van der Waals surface area contributed by atoms with Gasteiger partial charge >= 0.3 is 0 Å². The van der Waals surface area contributed by atoms with Crippen molar-refractivity contribution >= 4 is 29.5 Å². The highest BCUT2D eigenvalue weighted by Gasteiger charge is 2.52. The van der Waals surface area contributed by atoms with E-state index < -0.39 is 17.4 Å². The number of benzene rings is 2. The van der Waals surface area contributed by atoms with Crippen molar-refractivity contribution < 1.29 is 14.7 Å². The smallest absolute Gasteiger partial charge is 0.264 e. The number of aliphatic hydroxyl groups is 1. The molecule has 26 heavy (non-hydrogen) atoms. The molecule has 1 amide bonds. The van der Waals surface area contributed by atoms with Crippen molar-refractivity contribution in [3.63, 3.8) is 0 Å². The summed E-state index contributed by atoms with van der Waals surface area (Å²) in [4.78, 5) is 25.8. The second-order valence-electron chi connectivity index (χ2n) is 6.62. The van der Waals surface area contributed by atoms with Crippen LogP contribution in [0.25, 0.3) is 0 Å². The monoisotopic (exact) mass is 369 g/mol. The summed E-state index contributed by atoms with van der Waals surface area (Å²) in [5.41, 5.74) is 0.754. The van der Waals surface area contributed by atoms with Crippen molar-refractivity contribution in [1.29, 1.82) is 0 Å². The SMILES string of the molecule is C/C(C=O)=C\[C@H](C)[C@]1(O)C(=O)N(Cc2ccccc2)c2ccc(Cl)cc21. The maximum absolute atomic E-state index is 13.2. The molecule has 2 atom stereocenters. The summed E-state index contributed by atoms with van der Waals surface area (Å²) >= 11 is 6.13. The number of aldehydes is 1. The first-order valence-corrected chi connectivity index (χ1v) is 8.77. The molecule has 0 spiro atoms. The Bertz CT molecular complexity index is 878. The molecule has 3 rings (SSSR count). The van der Waals surface area contributed by atoms with Gasteiger partial charge in [0.15, 0.2) is 5.60 Å². The Morgan fingerprint density at radius 3 is 2.62 bits per heavy atom. The van der Waals surface area contributed by atoms with E-state index in [0.29, 0.717) is 34.7 Å². The highest BCUT2D eigenvalue weighted by atomic mass is 35.5. The molecule has 0 bridgehead atoms. The molecule has 0 unspecified atom stereocenters. The van der Waals surface area contributed by atoms with Gasteiger partial charge in [0, 0.05) is 16.5 Å². The molecule has 0 aromatic heterocycles. The molecule has 4 nitrogen and oxygen atoms in total. The first kappa shape index (κ1) is 18.4. The molecule has 0 saturated carbocycles. The van der Waals surface area contributed by atoms with Gasteiger partial charge in [-0.15, -0.1) is 0 Å². The summed E-state index contributed by atoms with van der Waals surface area (Å²) in [6.45, 7) is 3.72. The predicted molar refractivity (Wildman–Crippen MR) is 102 cm³/mol. The second-order valence-corrected chi connectivity index (χ2v) is 7.06. The number of carbonyl (C=O) groups is 2. The number of rotatable bonds is 5. The van der Waals surface area contributed by atoms with Crippen LogP contribution in [0.5, 0.6) is 0 Å². The topological polar surface area (TPSA) is 57.6 Å². The quantitative estimate of drug-likeness (QED) is 0.643. The Labute approximate surface area is 157 Å². The van der Waals surface area contributed by atoms with Gasteiger partial charge in [-0.05, 0) is 36.3 Å². The average Bonchev–Trinajstić information content (AvgIpc) is 2.85. The molecule has 1 N–H and O–H groups in total. The normalized spacial score (nSPS) is 20.8. The highest BCUT2D eigenvalue weighted by Crippen LogP contribution is 2.46. The van der Waals surface area contributed by atoms with Crippen molar-refractivity contribution in [3.8, 4) is 0 Å². The number of hydrogen-bond donors (Lipinski definition) is 1. The number of nitrogens with zero attached hydrogens (tertiary/aromatic N) is 1. The fraction of sp³-hybridized carbons (Fsp3) is 0.238. The largest absolute Gasteiger partial charge is 0.375 e. The maximum atomic E-state index is 13.2. The van der Waals surface area contributed by atoms with Gasteiger partial charge < -0.3 is 10.0 Å². The first-order valence-electron chi connectivity index (χ1n) is 8.39. The Morgan fingerprint density at radius 1 is 1.27 bits per heavy atom. The van der Waals surface area contributed by atoms with Crippen LogP contribution in [-0.4, -0.2) is 17.3 Å². The minimum absolute atomic E-state index is 0.347. The van der Waals surface area contributed by atoms with Gasteiger partial charge in [0.1, 0.15) is 6.29 Å². The van der Waals surface area contributed by atoms with Crippen molar-refractivity contribution in [3.05, 3.63) is 76.3 Å². The van der Waals surface area contributed by atoms with Gasteiger partial charge in [-0.2, -0.15) is 0 Å². The van der Waals surface area contributed by atoms with Crippen LogP contribution in [0.15, 0.2) is 60.2 Å². The van der Waals surface area contributed by atoms with Gasteiger partial charge in [-0.1, -0.05) is 54.9 Å². The van der Waals surface area contributed by atoms with Crippen LogP contribution in [-0.2, 0) is 21.7 Å². The van der Waals surface area contributed by atoms with Gasteiger partial charge in [0.25, 0.3) is 5.91 Å². The van der Waals surface area contributed by atoms with Crippen molar-refractivity contribution in [1.82, 2.24) is 0 Å². The number of allylic oxidation sites excluding steroid dienone is 1. The zero-order chi connectivity index (χ0) is 18.9. The van der Waals surface area contributed by atoms with E-state index in [1.807, 2.05) is 30.3 Å². The lowest BCUT2D eigenvalue weighted by Gasteiger charge is -2.28. The number of halogens is 1. The maximum Gasteiger partial charge on any atom is 0.264 e. The summed E-state index contributed by atoms with van der Waals surface area (Å²) in [6, 6.07) is 14.7. The van der Waals surface area contributed by atoms with Crippen LogP contribution in [0.1, 0.15) is 25.0 Å². The fourth-order valence-corrected chi connectivity index (χ4v) is 3.57. The molecule has 1 aliphatic rings. The molecule has 0 fully saturated rings. The van der Waals surface area contributed by atoms with E-state index in [4.69, 9.17) is 11.6 Å². The molecular weight excluding hydrogens is 350 g/mol. The van der Waals surface area contributed by atoms with Crippen molar-refractivity contribution in [2.75, 3.05) is 4.90 Å². The standard InChI is InChI=1S/C21H20ClNO3/c1-14(13-24)10-15(2)21(26)18-11-17(22)8-9-19(18)23(20(21)25)12-16-6-4-3-5-7-16/h3-11,13,15,26H,12H2,1-2H3/b14-10+/t15-,21+/m0/s1. The second kappa shape index (κ2) is 7.06. The average molecular weight is 370 g/mol. The third kappa shape index (κ3) is 3.06. The fourth-order valence-electron chi connectivity index (χ4n) is 3.40. The molecule has 0 aliphatic carbocycles.